The number of hydrogen-bond acceptors (Lipinski definition) is 4. The summed E-state index contributed by atoms with van der Waals surface area (Å²) in [6, 6.07) is 16.5. The van der Waals surface area contributed by atoms with Crippen LogP contribution in [0.1, 0.15) is 10.4 Å². The van der Waals surface area contributed by atoms with Gasteiger partial charge in [-0.25, -0.2) is 0 Å². The minimum atomic E-state index is -0.463. The molecule has 10 heteroatoms. The standard InChI is InChI=1S/C20H14Br3N3O3S/c21-12-6-7-13-11(9-12)5-8-16(18(13)23)29-10-17(27)25-26-20(30)24-19(28)14-3-1-2-4-15(14)22/h1-9H,10H2,(H,25,27)(H2,24,26,28,30). The number of thiocarbonyl (C=S) groups is 1. The van der Waals surface area contributed by atoms with Crippen molar-refractivity contribution in [2.45, 2.75) is 0 Å². The van der Waals surface area contributed by atoms with E-state index in [1.54, 1.807) is 30.3 Å². The van der Waals surface area contributed by atoms with Gasteiger partial charge in [0.15, 0.2) is 11.7 Å². The Kier molecular flexibility index (Phi) is 7.81. The number of hydrazine groups is 1. The van der Waals surface area contributed by atoms with E-state index in [2.05, 4.69) is 64.0 Å². The number of amides is 2. The van der Waals surface area contributed by atoms with Crippen molar-refractivity contribution in [2.24, 2.45) is 0 Å². The average molecular weight is 616 g/mol. The number of carbonyl (C=O) groups excluding carboxylic acids is 2. The number of ether oxygens (including phenoxy) is 1. The van der Waals surface area contributed by atoms with Crippen LogP contribution in [0.15, 0.2) is 68.0 Å². The molecule has 0 unspecified atom stereocenters. The molecular weight excluding hydrogens is 602 g/mol. The maximum atomic E-state index is 12.2. The zero-order valence-electron chi connectivity index (χ0n) is 15.2. The van der Waals surface area contributed by atoms with E-state index >= 15 is 0 Å². The second-order valence-corrected chi connectivity index (χ2v) is 8.94. The summed E-state index contributed by atoms with van der Waals surface area (Å²) in [5.41, 5.74) is 5.28. The number of halogens is 3. The molecular formula is C20H14Br3N3O3S. The van der Waals surface area contributed by atoms with Crippen molar-refractivity contribution in [3.63, 3.8) is 0 Å². The molecule has 30 heavy (non-hydrogen) atoms. The van der Waals surface area contributed by atoms with Gasteiger partial charge in [0, 0.05) is 8.95 Å². The fourth-order valence-electron chi connectivity index (χ4n) is 2.51. The Bertz CT molecular complexity index is 1140. The monoisotopic (exact) mass is 613 g/mol. The molecule has 0 bridgehead atoms. The molecule has 0 aliphatic carbocycles. The number of nitrogens with one attached hydrogen (secondary N) is 3. The summed E-state index contributed by atoms with van der Waals surface area (Å²) in [7, 11) is 0. The van der Waals surface area contributed by atoms with Crippen LogP contribution in [0, 0.1) is 0 Å². The normalized spacial score (nSPS) is 10.4. The van der Waals surface area contributed by atoms with Gasteiger partial charge in [0.1, 0.15) is 5.75 Å². The minimum Gasteiger partial charge on any atom is -0.483 e. The topological polar surface area (TPSA) is 79.5 Å². The van der Waals surface area contributed by atoms with Crippen LogP contribution in [-0.4, -0.2) is 23.5 Å². The molecule has 0 atom stereocenters. The van der Waals surface area contributed by atoms with E-state index in [9.17, 15) is 9.59 Å². The van der Waals surface area contributed by atoms with Gasteiger partial charge in [-0.15, -0.1) is 0 Å². The second-order valence-electron chi connectivity index (χ2n) is 5.97. The molecule has 0 heterocycles. The van der Waals surface area contributed by atoms with Crippen molar-refractivity contribution in [3.8, 4) is 5.75 Å². The fourth-order valence-corrected chi connectivity index (χ4v) is 4.10. The molecule has 0 radical (unpaired) electrons. The van der Waals surface area contributed by atoms with E-state index in [-0.39, 0.29) is 11.7 Å². The molecule has 3 rings (SSSR count). The van der Waals surface area contributed by atoms with Crippen LogP contribution >= 0.6 is 60.0 Å². The highest BCUT2D eigenvalue weighted by Crippen LogP contribution is 2.34. The highest BCUT2D eigenvalue weighted by molar-refractivity contribution is 9.11. The van der Waals surface area contributed by atoms with Crippen LogP contribution in [0.4, 0.5) is 0 Å². The lowest BCUT2D eigenvalue weighted by atomic mass is 10.1. The summed E-state index contributed by atoms with van der Waals surface area (Å²) in [6.45, 7) is -0.242. The molecule has 3 N–H and O–H groups in total. The summed E-state index contributed by atoms with van der Waals surface area (Å²) in [4.78, 5) is 24.2. The van der Waals surface area contributed by atoms with Gasteiger partial charge < -0.3 is 4.74 Å². The van der Waals surface area contributed by atoms with Crippen LogP contribution in [0.2, 0.25) is 0 Å². The number of rotatable bonds is 4. The Morgan fingerprint density at radius 2 is 1.73 bits per heavy atom. The zero-order valence-corrected chi connectivity index (χ0v) is 20.7. The maximum Gasteiger partial charge on any atom is 0.276 e. The third-order valence-electron chi connectivity index (χ3n) is 3.90. The first-order valence-electron chi connectivity index (χ1n) is 8.50. The van der Waals surface area contributed by atoms with Crippen LogP contribution in [-0.2, 0) is 4.79 Å². The molecule has 2 amide bonds. The molecule has 6 nitrogen and oxygen atoms in total. The molecule has 0 aromatic heterocycles. The van der Waals surface area contributed by atoms with Gasteiger partial charge in [-0.3, -0.25) is 25.8 Å². The van der Waals surface area contributed by atoms with Gasteiger partial charge in [0.2, 0.25) is 0 Å². The van der Waals surface area contributed by atoms with Crippen LogP contribution in [0.3, 0.4) is 0 Å². The summed E-state index contributed by atoms with van der Waals surface area (Å²) >= 11 is 15.3. The first-order valence-corrected chi connectivity index (χ1v) is 11.3. The summed E-state index contributed by atoms with van der Waals surface area (Å²) < 4.78 is 7.95. The first kappa shape index (κ1) is 22.7. The van der Waals surface area contributed by atoms with Crippen LogP contribution in [0.25, 0.3) is 10.8 Å². The molecule has 0 spiro atoms. The van der Waals surface area contributed by atoms with Crippen molar-refractivity contribution < 1.29 is 14.3 Å². The Labute approximate surface area is 203 Å². The SMILES string of the molecule is O=C(COc1ccc2cc(Br)ccc2c1Br)NNC(=S)NC(=O)c1ccccc1Br. The largest absolute Gasteiger partial charge is 0.483 e. The van der Waals surface area contributed by atoms with E-state index in [1.807, 2.05) is 24.3 Å². The van der Waals surface area contributed by atoms with Crippen LogP contribution in [0.5, 0.6) is 5.75 Å². The highest BCUT2D eigenvalue weighted by atomic mass is 79.9. The molecule has 0 aliphatic heterocycles. The lowest BCUT2D eigenvalue weighted by molar-refractivity contribution is -0.123. The summed E-state index contributed by atoms with van der Waals surface area (Å²) in [5, 5.41) is 4.44. The van der Waals surface area contributed by atoms with E-state index < -0.39 is 11.8 Å². The van der Waals surface area contributed by atoms with E-state index in [0.29, 0.717) is 15.8 Å². The van der Waals surface area contributed by atoms with Gasteiger partial charge in [-0.2, -0.15) is 0 Å². The van der Waals surface area contributed by atoms with Crippen molar-refractivity contribution in [2.75, 3.05) is 6.61 Å². The number of benzene rings is 3. The third kappa shape index (κ3) is 5.78. The molecule has 3 aromatic carbocycles. The Morgan fingerprint density at radius 1 is 0.967 bits per heavy atom. The number of fused-ring (bicyclic) bond motifs is 1. The molecule has 0 saturated carbocycles. The summed E-state index contributed by atoms with van der Waals surface area (Å²) in [6.07, 6.45) is 0. The first-order chi connectivity index (χ1) is 14.3. The number of hydrogen-bond donors (Lipinski definition) is 3. The van der Waals surface area contributed by atoms with Gasteiger partial charge in [-0.05, 0) is 85.2 Å². The van der Waals surface area contributed by atoms with Gasteiger partial charge in [-0.1, -0.05) is 40.2 Å². The predicted molar refractivity (Wildman–Crippen MR) is 130 cm³/mol. The molecule has 0 fully saturated rings. The smallest absolute Gasteiger partial charge is 0.276 e. The molecule has 0 saturated heterocycles. The van der Waals surface area contributed by atoms with Gasteiger partial charge in [0.05, 0.1) is 10.0 Å². The van der Waals surface area contributed by atoms with Crippen molar-refractivity contribution in [1.29, 1.82) is 0 Å². The lowest BCUT2D eigenvalue weighted by Gasteiger charge is -2.13. The van der Waals surface area contributed by atoms with Gasteiger partial charge in [0.25, 0.3) is 11.8 Å². The third-order valence-corrected chi connectivity index (χ3v) is 6.11. The Balaban J connectivity index is 1.50. The van der Waals surface area contributed by atoms with E-state index in [0.717, 1.165) is 19.7 Å². The second kappa shape index (κ2) is 10.3. The van der Waals surface area contributed by atoms with E-state index in [1.165, 1.54) is 0 Å². The zero-order chi connectivity index (χ0) is 21.7. The summed E-state index contributed by atoms with van der Waals surface area (Å²) in [5.74, 6) is -0.336. The highest BCUT2D eigenvalue weighted by Gasteiger charge is 2.12. The minimum absolute atomic E-state index is 0.0402. The molecule has 3 aromatic rings. The number of carbonyl (C=O) groups is 2. The Morgan fingerprint density at radius 3 is 2.50 bits per heavy atom. The van der Waals surface area contributed by atoms with Gasteiger partial charge >= 0.3 is 0 Å². The lowest BCUT2D eigenvalue weighted by Crippen LogP contribution is -2.49. The average Bonchev–Trinajstić information content (AvgIpc) is 2.72. The fraction of sp³-hybridized carbons (Fsp3) is 0.0500. The quantitative estimate of drug-likeness (QED) is 0.289. The van der Waals surface area contributed by atoms with Crippen molar-refractivity contribution in [3.05, 3.63) is 73.6 Å². The van der Waals surface area contributed by atoms with E-state index in [4.69, 9.17) is 17.0 Å². The molecule has 154 valence electrons. The molecule has 0 aliphatic rings. The Hall–Kier alpha value is -2.01. The predicted octanol–water partition coefficient (Wildman–Crippen LogP) is 4.84. The van der Waals surface area contributed by atoms with Crippen molar-refractivity contribution >= 4 is 87.7 Å². The maximum absolute atomic E-state index is 12.2. The van der Waals surface area contributed by atoms with Crippen molar-refractivity contribution in [1.82, 2.24) is 16.2 Å². The van der Waals surface area contributed by atoms with Crippen LogP contribution < -0.4 is 20.9 Å².